The number of carbonyl (C=O) groups is 1. The van der Waals surface area contributed by atoms with E-state index < -0.39 is 25.0 Å². The third-order valence-electron chi connectivity index (χ3n) is 4.83. The van der Waals surface area contributed by atoms with Crippen molar-refractivity contribution in [2.24, 2.45) is 17.8 Å². The van der Waals surface area contributed by atoms with Crippen molar-refractivity contribution in [3.05, 3.63) is 0 Å². The SMILES string of the molecule is CC.CCCC1CCC(C2COC(COC(=O)C(F)(F)F)OC2)CC1. The first-order chi connectivity index (χ1) is 11.9. The van der Waals surface area contributed by atoms with Gasteiger partial charge in [-0.2, -0.15) is 13.2 Å². The first kappa shape index (κ1) is 22.2. The fourth-order valence-corrected chi connectivity index (χ4v) is 3.51. The molecule has 0 aromatic rings. The maximum absolute atomic E-state index is 12.0. The van der Waals surface area contributed by atoms with Crippen molar-refractivity contribution in [2.45, 2.75) is 71.8 Å². The molecule has 0 aromatic carbocycles. The number of hydrogen-bond donors (Lipinski definition) is 0. The van der Waals surface area contributed by atoms with Crippen LogP contribution in [0.5, 0.6) is 0 Å². The summed E-state index contributed by atoms with van der Waals surface area (Å²) in [6.07, 6.45) is 1.44. The van der Waals surface area contributed by atoms with Crippen LogP contribution in [0.1, 0.15) is 59.3 Å². The van der Waals surface area contributed by atoms with Gasteiger partial charge in [-0.15, -0.1) is 0 Å². The Morgan fingerprint density at radius 2 is 1.60 bits per heavy atom. The van der Waals surface area contributed by atoms with E-state index in [1.807, 2.05) is 13.8 Å². The molecule has 0 unspecified atom stereocenters. The molecule has 1 saturated heterocycles. The van der Waals surface area contributed by atoms with Crippen LogP contribution in [0.15, 0.2) is 0 Å². The Labute approximate surface area is 148 Å². The molecule has 1 saturated carbocycles. The van der Waals surface area contributed by atoms with Crippen LogP contribution in [0.2, 0.25) is 0 Å². The molecule has 2 fully saturated rings. The zero-order valence-corrected chi connectivity index (χ0v) is 15.4. The Balaban J connectivity index is 0.00000151. The molecule has 0 aromatic heterocycles. The summed E-state index contributed by atoms with van der Waals surface area (Å²) in [6.45, 7) is 6.60. The minimum absolute atomic E-state index is 0.284. The van der Waals surface area contributed by atoms with E-state index in [1.165, 1.54) is 25.7 Å². The molecule has 0 bridgehead atoms. The van der Waals surface area contributed by atoms with Gasteiger partial charge in [0.1, 0.15) is 6.61 Å². The fourth-order valence-electron chi connectivity index (χ4n) is 3.51. The number of ether oxygens (including phenoxy) is 3. The van der Waals surface area contributed by atoms with Gasteiger partial charge in [0, 0.05) is 5.92 Å². The Morgan fingerprint density at radius 3 is 2.08 bits per heavy atom. The van der Waals surface area contributed by atoms with Crippen molar-refractivity contribution in [1.29, 1.82) is 0 Å². The van der Waals surface area contributed by atoms with Gasteiger partial charge in [-0.05, 0) is 24.7 Å². The lowest BCUT2D eigenvalue weighted by Gasteiger charge is -2.37. The van der Waals surface area contributed by atoms with Crippen LogP contribution in [0.25, 0.3) is 0 Å². The van der Waals surface area contributed by atoms with Gasteiger partial charge < -0.3 is 14.2 Å². The molecule has 2 aliphatic rings. The van der Waals surface area contributed by atoms with Crippen molar-refractivity contribution >= 4 is 5.97 Å². The average molecular weight is 368 g/mol. The third-order valence-corrected chi connectivity index (χ3v) is 4.83. The molecular formula is C18H31F3O4. The van der Waals surface area contributed by atoms with Gasteiger partial charge in [-0.25, -0.2) is 4.79 Å². The van der Waals surface area contributed by atoms with Crippen LogP contribution in [0.3, 0.4) is 0 Å². The zero-order valence-electron chi connectivity index (χ0n) is 15.4. The van der Waals surface area contributed by atoms with Gasteiger partial charge in [-0.3, -0.25) is 0 Å². The van der Waals surface area contributed by atoms with Crippen LogP contribution >= 0.6 is 0 Å². The summed E-state index contributed by atoms with van der Waals surface area (Å²) in [5.74, 6) is -0.536. The molecule has 0 amide bonds. The van der Waals surface area contributed by atoms with Gasteiger partial charge in [-0.1, -0.05) is 46.5 Å². The van der Waals surface area contributed by atoms with Gasteiger partial charge in [0.2, 0.25) is 0 Å². The number of halogens is 3. The highest BCUT2D eigenvalue weighted by molar-refractivity contribution is 5.75. The summed E-state index contributed by atoms with van der Waals surface area (Å²) in [6, 6.07) is 0. The van der Waals surface area contributed by atoms with Crippen LogP contribution in [0, 0.1) is 17.8 Å². The maximum Gasteiger partial charge on any atom is 0.490 e. The third kappa shape index (κ3) is 7.52. The van der Waals surface area contributed by atoms with Crippen molar-refractivity contribution in [3.8, 4) is 0 Å². The molecule has 0 N–H and O–H groups in total. The highest BCUT2D eigenvalue weighted by atomic mass is 19.4. The number of alkyl halides is 3. The smallest absolute Gasteiger partial charge is 0.454 e. The molecule has 2 rings (SSSR count). The fraction of sp³-hybridized carbons (Fsp3) is 0.944. The molecule has 4 nitrogen and oxygen atoms in total. The first-order valence-electron chi connectivity index (χ1n) is 9.37. The van der Waals surface area contributed by atoms with E-state index in [0.29, 0.717) is 19.1 Å². The molecule has 25 heavy (non-hydrogen) atoms. The van der Waals surface area contributed by atoms with E-state index in [9.17, 15) is 18.0 Å². The first-order valence-corrected chi connectivity index (χ1v) is 9.37. The Bertz CT molecular complexity index is 371. The summed E-state index contributed by atoms with van der Waals surface area (Å²) in [7, 11) is 0. The molecular weight excluding hydrogens is 337 g/mol. The second kappa shape index (κ2) is 11.0. The van der Waals surface area contributed by atoms with E-state index in [0.717, 1.165) is 18.8 Å². The van der Waals surface area contributed by atoms with Crippen molar-refractivity contribution in [3.63, 3.8) is 0 Å². The highest BCUT2D eigenvalue weighted by Crippen LogP contribution is 2.36. The molecule has 0 radical (unpaired) electrons. The van der Waals surface area contributed by atoms with Gasteiger partial charge in [0.05, 0.1) is 13.2 Å². The summed E-state index contributed by atoms with van der Waals surface area (Å²) < 4.78 is 51.1. The monoisotopic (exact) mass is 368 g/mol. The largest absolute Gasteiger partial charge is 0.490 e. The normalized spacial score (nSPS) is 30.2. The van der Waals surface area contributed by atoms with Gasteiger partial charge in [0.25, 0.3) is 0 Å². The Morgan fingerprint density at radius 1 is 1.04 bits per heavy atom. The lowest BCUT2D eigenvalue weighted by Crippen LogP contribution is -2.40. The van der Waals surface area contributed by atoms with Crippen LogP contribution < -0.4 is 0 Å². The quantitative estimate of drug-likeness (QED) is 0.659. The van der Waals surface area contributed by atoms with Crippen LogP contribution in [-0.2, 0) is 19.0 Å². The molecule has 1 aliphatic carbocycles. The van der Waals surface area contributed by atoms with E-state index in [-0.39, 0.29) is 5.92 Å². The zero-order chi connectivity index (χ0) is 18.9. The maximum atomic E-state index is 12.0. The van der Waals surface area contributed by atoms with E-state index >= 15 is 0 Å². The standard InChI is InChI=1S/C16H25F3O4.C2H6/c1-2-3-11-4-6-12(7-5-11)13-8-21-14(22-9-13)10-23-15(20)16(17,18)19;1-2/h11-14H,2-10H2,1H3;1-2H3. The van der Waals surface area contributed by atoms with Gasteiger partial charge >= 0.3 is 12.1 Å². The van der Waals surface area contributed by atoms with Crippen molar-refractivity contribution in [2.75, 3.05) is 19.8 Å². The molecule has 7 heteroatoms. The highest BCUT2D eigenvalue weighted by Gasteiger charge is 2.41. The minimum atomic E-state index is -4.98. The van der Waals surface area contributed by atoms with E-state index in [1.54, 1.807) is 0 Å². The number of esters is 1. The van der Waals surface area contributed by atoms with Gasteiger partial charge in [0.15, 0.2) is 6.29 Å². The van der Waals surface area contributed by atoms with Crippen LogP contribution in [0.4, 0.5) is 13.2 Å². The summed E-state index contributed by atoms with van der Waals surface area (Å²) >= 11 is 0. The summed E-state index contributed by atoms with van der Waals surface area (Å²) in [5.41, 5.74) is 0. The van der Waals surface area contributed by atoms with Crippen molar-refractivity contribution < 1.29 is 32.2 Å². The molecule has 1 heterocycles. The van der Waals surface area contributed by atoms with Crippen LogP contribution in [-0.4, -0.2) is 38.3 Å². The van der Waals surface area contributed by atoms with Crippen molar-refractivity contribution in [1.82, 2.24) is 0 Å². The lowest BCUT2D eigenvalue weighted by atomic mass is 9.75. The Kier molecular flexibility index (Phi) is 9.79. The Hall–Kier alpha value is -0.820. The topological polar surface area (TPSA) is 44.8 Å². The predicted octanol–water partition coefficient (Wildman–Crippen LogP) is 4.71. The number of hydrogen-bond acceptors (Lipinski definition) is 4. The van der Waals surface area contributed by atoms with E-state index in [2.05, 4.69) is 11.7 Å². The average Bonchev–Trinajstić information content (AvgIpc) is 2.62. The second-order valence-corrected chi connectivity index (χ2v) is 6.52. The number of carbonyl (C=O) groups excluding carboxylic acids is 1. The molecule has 1 aliphatic heterocycles. The summed E-state index contributed by atoms with van der Waals surface area (Å²) in [4.78, 5) is 10.6. The molecule has 0 spiro atoms. The lowest BCUT2D eigenvalue weighted by molar-refractivity contribution is -0.240. The van der Waals surface area contributed by atoms with E-state index in [4.69, 9.17) is 9.47 Å². The number of rotatable bonds is 5. The summed E-state index contributed by atoms with van der Waals surface area (Å²) in [5, 5.41) is 0. The second-order valence-electron chi connectivity index (χ2n) is 6.52. The molecule has 0 atom stereocenters. The minimum Gasteiger partial charge on any atom is -0.454 e. The predicted molar refractivity (Wildman–Crippen MR) is 87.9 cm³/mol. The molecule has 148 valence electrons.